The molecule has 2 heterocycles. The molecule has 1 atom stereocenters. The number of fused-ring (bicyclic) bond motifs is 1. The van der Waals surface area contributed by atoms with E-state index in [0.29, 0.717) is 11.4 Å². The molecule has 0 radical (unpaired) electrons. The van der Waals surface area contributed by atoms with Crippen LogP contribution in [0.2, 0.25) is 0 Å². The predicted octanol–water partition coefficient (Wildman–Crippen LogP) is 2.36. The first-order valence-corrected chi connectivity index (χ1v) is 6.58. The standard InChI is InChI=1S/C13H12N2O2S/c1-7(16)13-15-11(6-18-13)8-2-3-10-9(4-8)5-12(17)14-10/h2-4,6-7,16H,5H2,1H3,(H,14,17). The zero-order valence-corrected chi connectivity index (χ0v) is 10.6. The number of nitrogens with one attached hydrogen (secondary N) is 1. The molecule has 0 saturated carbocycles. The molecule has 92 valence electrons. The molecular weight excluding hydrogens is 248 g/mol. The third kappa shape index (κ3) is 1.91. The molecule has 2 aromatic rings. The van der Waals surface area contributed by atoms with E-state index in [9.17, 15) is 9.90 Å². The van der Waals surface area contributed by atoms with Gasteiger partial charge in [0.15, 0.2) is 0 Å². The van der Waals surface area contributed by atoms with E-state index in [2.05, 4.69) is 10.3 Å². The van der Waals surface area contributed by atoms with Crippen LogP contribution in [-0.2, 0) is 11.2 Å². The van der Waals surface area contributed by atoms with E-state index in [-0.39, 0.29) is 5.91 Å². The average molecular weight is 260 g/mol. The quantitative estimate of drug-likeness (QED) is 0.871. The normalized spacial score (nSPS) is 15.3. The number of hydrogen-bond acceptors (Lipinski definition) is 4. The summed E-state index contributed by atoms with van der Waals surface area (Å²) in [4.78, 5) is 15.7. The number of anilines is 1. The highest BCUT2D eigenvalue weighted by Gasteiger charge is 2.18. The number of rotatable bonds is 2. The smallest absolute Gasteiger partial charge is 0.228 e. The molecule has 5 heteroatoms. The lowest BCUT2D eigenvalue weighted by atomic mass is 10.1. The van der Waals surface area contributed by atoms with Gasteiger partial charge in [0.25, 0.3) is 0 Å². The maximum Gasteiger partial charge on any atom is 0.228 e. The molecule has 3 rings (SSSR count). The van der Waals surface area contributed by atoms with Crippen molar-refractivity contribution >= 4 is 22.9 Å². The predicted molar refractivity (Wildman–Crippen MR) is 70.5 cm³/mol. The van der Waals surface area contributed by atoms with Gasteiger partial charge in [-0.1, -0.05) is 6.07 Å². The summed E-state index contributed by atoms with van der Waals surface area (Å²) in [5, 5.41) is 14.9. The Labute approximate surface area is 108 Å². The van der Waals surface area contributed by atoms with Crippen molar-refractivity contribution in [2.24, 2.45) is 0 Å². The summed E-state index contributed by atoms with van der Waals surface area (Å²) in [6.45, 7) is 1.70. The molecule has 2 N–H and O–H groups in total. The molecule has 1 aromatic carbocycles. The fourth-order valence-corrected chi connectivity index (χ4v) is 2.77. The fraction of sp³-hybridized carbons (Fsp3) is 0.231. The van der Waals surface area contributed by atoms with Crippen LogP contribution in [0, 0.1) is 0 Å². The molecule has 0 bridgehead atoms. The van der Waals surface area contributed by atoms with Crippen LogP contribution in [0.25, 0.3) is 11.3 Å². The van der Waals surface area contributed by atoms with Crippen molar-refractivity contribution in [3.05, 3.63) is 34.2 Å². The maximum absolute atomic E-state index is 11.3. The molecule has 0 fully saturated rings. The molecule has 18 heavy (non-hydrogen) atoms. The first-order valence-electron chi connectivity index (χ1n) is 5.70. The molecule has 1 aliphatic rings. The highest BCUT2D eigenvalue weighted by atomic mass is 32.1. The van der Waals surface area contributed by atoms with Gasteiger partial charge in [-0.2, -0.15) is 0 Å². The van der Waals surface area contributed by atoms with E-state index >= 15 is 0 Å². The molecule has 0 spiro atoms. The van der Waals surface area contributed by atoms with Gasteiger partial charge in [-0.3, -0.25) is 4.79 Å². The molecule has 0 aliphatic carbocycles. The Kier molecular flexibility index (Phi) is 2.65. The van der Waals surface area contributed by atoms with Gasteiger partial charge in [0, 0.05) is 16.6 Å². The van der Waals surface area contributed by atoms with Crippen LogP contribution >= 0.6 is 11.3 Å². The number of aliphatic hydroxyl groups excluding tert-OH is 1. The summed E-state index contributed by atoms with van der Waals surface area (Å²) < 4.78 is 0. The number of aliphatic hydroxyl groups is 1. The minimum Gasteiger partial charge on any atom is -0.386 e. The van der Waals surface area contributed by atoms with E-state index in [1.165, 1.54) is 11.3 Å². The summed E-state index contributed by atoms with van der Waals surface area (Å²) in [5.41, 5.74) is 3.71. The van der Waals surface area contributed by atoms with Crippen LogP contribution in [0.15, 0.2) is 23.6 Å². The topological polar surface area (TPSA) is 62.2 Å². The van der Waals surface area contributed by atoms with Crippen LogP contribution in [0.3, 0.4) is 0 Å². The average Bonchev–Trinajstić information content (AvgIpc) is 2.91. The second-order valence-electron chi connectivity index (χ2n) is 4.34. The molecule has 0 saturated heterocycles. The number of hydrogen-bond donors (Lipinski definition) is 2. The highest BCUT2D eigenvalue weighted by molar-refractivity contribution is 7.10. The van der Waals surface area contributed by atoms with E-state index in [1.807, 2.05) is 23.6 Å². The minimum atomic E-state index is -0.540. The Morgan fingerprint density at radius 2 is 2.33 bits per heavy atom. The summed E-state index contributed by atoms with van der Waals surface area (Å²) in [7, 11) is 0. The Balaban J connectivity index is 1.97. The monoisotopic (exact) mass is 260 g/mol. The van der Waals surface area contributed by atoms with Crippen molar-refractivity contribution in [1.29, 1.82) is 0 Å². The largest absolute Gasteiger partial charge is 0.386 e. The minimum absolute atomic E-state index is 0.0325. The van der Waals surface area contributed by atoms with Gasteiger partial charge in [0.05, 0.1) is 12.1 Å². The first kappa shape index (κ1) is 11.4. The number of carbonyl (C=O) groups is 1. The Morgan fingerprint density at radius 1 is 1.50 bits per heavy atom. The number of aromatic nitrogens is 1. The maximum atomic E-state index is 11.3. The third-order valence-electron chi connectivity index (χ3n) is 2.91. The Morgan fingerprint density at radius 3 is 3.06 bits per heavy atom. The number of thiazole rings is 1. The third-order valence-corrected chi connectivity index (χ3v) is 3.92. The molecule has 1 aromatic heterocycles. The number of amides is 1. The molecule has 4 nitrogen and oxygen atoms in total. The van der Waals surface area contributed by atoms with E-state index < -0.39 is 6.10 Å². The lowest BCUT2D eigenvalue weighted by Gasteiger charge is -2.01. The summed E-state index contributed by atoms with van der Waals surface area (Å²) in [5.74, 6) is 0.0325. The van der Waals surface area contributed by atoms with Crippen molar-refractivity contribution in [2.45, 2.75) is 19.4 Å². The van der Waals surface area contributed by atoms with Crippen molar-refractivity contribution in [3.63, 3.8) is 0 Å². The van der Waals surface area contributed by atoms with Crippen LogP contribution in [-0.4, -0.2) is 16.0 Å². The van der Waals surface area contributed by atoms with Gasteiger partial charge in [-0.25, -0.2) is 4.98 Å². The van der Waals surface area contributed by atoms with Gasteiger partial charge >= 0.3 is 0 Å². The lowest BCUT2D eigenvalue weighted by Crippen LogP contribution is -2.03. The second kappa shape index (κ2) is 4.19. The second-order valence-corrected chi connectivity index (χ2v) is 5.23. The summed E-state index contributed by atoms with van der Waals surface area (Å²) in [6.07, 6.45) is -0.113. The van der Waals surface area contributed by atoms with Crippen molar-refractivity contribution in [1.82, 2.24) is 4.98 Å². The van der Waals surface area contributed by atoms with Gasteiger partial charge in [0.2, 0.25) is 5.91 Å². The van der Waals surface area contributed by atoms with E-state index in [1.54, 1.807) is 6.92 Å². The summed E-state index contributed by atoms with van der Waals surface area (Å²) >= 11 is 1.44. The lowest BCUT2D eigenvalue weighted by molar-refractivity contribution is -0.115. The molecule has 1 amide bonds. The zero-order chi connectivity index (χ0) is 12.7. The summed E-state index contributed by atoms with van der Waals surface area (Å²) in [6, 6.07) is 5.82. The van der Waals surface area contributed by atoms with Crippen LogP contribution < -0.4 is 5.32 Å². The van der Waals surface area contributed by atoms with Crippen molar-refractivity contribution in [2.75, 3.05) is 5.32 Å². The van der Waals surface area contributed by atoms with Gasteiger partial charge in [0.1, 0.15) is 11.1 Å². The van der Waals surface area contributed by atoms with Crippen LogP contribution in [0.5, 0.6) is 0 Å². The first-order chi connectivity index (χ1) is 8.63. The van der Waals surface area contributed by atoms with E-state index in [0.717, 1.165) is 22.5 Å². The van der Waals surface area contributed by atoms with Gasteiger partial charge in [-0.15, -0.1) is 11.3 Å². The van der Waals surface area contributed by atoms with Gasteiger partial charge < -0.3 is 10.4 Å². The number of nitrogens with zero attached hydrogens (tertiary/aromatic N) is 1. The highest BCUT2D eigenvalue weighted by Crippen LogP contribution is 2.30. The van der Waals surface area contributed by atoms with Crippen molar-refractivity contribution < 1.29 is 9.90 Å². The Hall–Kier alpha value is -1.72. The Bertz CT molecular complexity index is 619. The van der Waals surface area contributed by atoms with Crippen molar-refractivity contribution in [3.8, 4) is 11.3 Å². The van der Waals surface area contributed by atoms with Gasteiger partial charge in [-0.05, 0) is 24.6 Å². The van der Waals surface area contributed by atoms with E-state index in [4.69, 9.17) is 0 Å². The molecular formula is C13H12N2O2S. The zero-order valence-electron chi connectivity index (χ0n) is 9.80. The number of benzene rings is 1. The molecule has 1 unspecified atom stereocenters. The van der Waals surface area contributed by atoms with Crippen LogP contribution in [0.1, 0.15) is 23.6 Å². The van der Waals surface area contributed by atoms with Crippen LogP contribution in [0.4, 0.5) is 5.69 Å². The number of carbonyl (C=O) groups excluding carboxylic acids is 1. The SMILES string of the molecule is CC(O)c1nc(-c2ccc3c(c2)CC(=O)N3)cs1. The fourth-order valence-electron chi connectivity index (χ4n) is 2.00. The molecule has 1 aliphatic heterocycles.